The summed E-state index contributed by atoms with van der Waals surface area (Å²) >= 11 is 0. The second-order valence-electron chi connectivity index (χ2n) is 5.89. The van der Waals surface area contributed by atoms with Gasteiger partial charge in [0.05, 0.1) is 5.69 Å². The van der Waals surface area contributed by atoms with E-state index in [4.69, 9.17) is 4.74 Å². The maximum absolute atomic E-state index is 12.4. The van der Waals surface area contributed by atoms with Crippen LogP contribution in [0.15, 0.2) is 18.2 Å². The van der Waals surface area contributed by atoms with Gasteiger partial charge < -0.3 is 15.4 Å². The number of hydrogen-bond acceptors (Lipinski definition) is 3. The van der Waals surface area contributed by atoms with Gasteiger partial charge >= 0.3 is 0 Å². The molecule has 2 unspecified atom stereocenters. The lowest BCUT2D eigenvalue weighted by atomic mass is 9.86. The summed E-state index contributed by atoms with van der Waals surface area (Å²) < 4.78 is 5.35. The Kier molecular flexibility index (Phi) is 3.82. The van der Waals surface area contributed by atoms with Crippen molar-refractivity contribution in [1.82, 2.24) is 5.32 Å². The molecule has 1 saturated carbocycles. The molecule has 2 N–H and O–H groups in total. The minimum atomic E-state index is -0.171. The smallest absolute Gasteiger partial charge is 0.262 e. The number of anilines is 1. The molecule has 0 spiro atoms. The summed E-state index contributed by atoms with van der Waals surface area (Å²) in [7, 11) is 0. The van der Waals surface area contributed by atoms with Gasteiger partial charge in [-0.2, -0.15) is 0 Å². The van der Waals surface area contributed by atoms with Crippen LogP contribution in [0.1, 0.15) is 43.0 Å². The number of nitrogens with one attached hydrogen (secondary N) is 2. The quantitative estimate of drug-likeness (QED) is 0.877. The van der Waals surface area contributed by atoms with Crippen LogP contribution in [0.4, 0.5) is 5.69 Å². The number of carbonyl (C=O) groups is 2. The van der Waals surface area contributed by atoms with Crippen molar-refractivity contribution in [3.05, 3.63) is 23.8 Å². The predicted octanol–water partition coefficient (Wildman–Crippen LogP) is 2.33. The second-order valence-corrected chi connectivity index (χ2v) is 5.89. The van der Waals surface area contributed by atoms with E-state index in [2.05, 4.69) is 17.6 Å². The highest BCUT2D eigenvalue weighted by atomic mass is 16.5. The van der Waals surface area contributed by atoms with Gasteiger partial charge in [0.15, 0.2) is 6.61 Å². The number of rotatable bonds is 2. The van der Waals surface area contributed by atoms with Gasteiger partial charge in [-0.25, -0.2) is 0 Å². The molecule has 0 radical (unpaired) electrons. The van der Waals surface area contributed by atoms with Gasteiger partial charge in [-0.3, -0.25) is 9.59 Å². The van der Waals surface area contributed by atoms with Crippen molar-refractivity contribution in [1.29, 1.82) is 0 Å². The van der Waals surface area contributed by atoms with E-state index in [1.165, 1.54) is 19.3 Å². The van der Waals surface area contributed by atoms with Crippen LogP contribution in [0.25, 0.3) is 0 Å². The SMILES string of the molecule is CC1CCCCC1NC(=O)c1ccc2c(c1)OCC(=O)N2. The molecule has 2 amide bonds. The molecule has 1 aliphatic heterocycles. The average molecular weight is 288 g/mol. The second kappa shape index (κ2) is 5.76. The Morgan fingerprint density at radius 1 is 1.33 bits per heavy atom. The third kappa shape index (κ3) is 3.01. The van der Waals surface area contributed by atoms with Crippen molar-refractivity contribution in [3.8, 4) is 5.75 Å². The molecule has 1 aromatic carbocycles. The van der Waals surface area contributed by atoms with E-state index in [1.807, 2.05) is 0 Å². The third-order valence-electron chi connectivity index (χ3n) is 4.30. The lowest BCUT2D eigenvalue weighted by molar-refractivity contribution is -0.118. The molecule has 5 heteroatoms. The molecule has 5 nitrogen and oxygen atoms in total. The molecular formula is C16H20N2O3. The van der Waals surface area contributed by atoms with Crippen LogP contribution in [0.5, 0.6) is 5.75 Å². The van der Waals surface area contributed by atoms with Gasteiger partial charge in [0.1, 0.15) is 5.75 Å². The van der Waals surface area contributed by atoms with E-state index in [-0.39, 0.29) is 24.5 Å². The lowest BCUT2D eigenvalue weighted by Gasteiger charge is -2.29. The first-order chi connectivity index (χ1) is 10.1. The number of hydrogen-bond donors (Lipinski definition) is 2. The first kappa shape index (κ1) is 13.9. The van der Waals surface area contributed by atoms with E-state index in [9.17, 15) is 9.59 Å². The zero-order chi connectivity index (χ0) is 14.8. The first-order valence-corrected chi connectivity index (χ1v) is 7.51. The molecular weight excluding hydrogens is 268 g/mol. The number of carbonyl (C=O) groups excluding carboxylic acids is 2. The molecule has 0 aromatic heterocycles. The third-order valence-corrected chi connectivity index (χ3v) is 4.30. The molecule has 2 atom stereocenters. The number of ether oxygens (including phenoxy) is 1. The maximum Gasteiger partial charge on any atom is 0.262 e. The fourth-order valence-electron chi connectivity index (χ4n) is 3.00. The van der Waals surface area contributed by atoms with Crippen LogP contribution in [0.3, 0.4) is 0 Å². The fraction of sp³-hybridized carbons (Fsp3) is 0.500. The molecule has 1 heterocycles. The van der Waals surface area contributed by atoms with E-state index in [1.54, 1.807) is 18.2 Å². The van der Waals surface area contributed by atoms with Crippen molar-refractivity contribution >= 4 is 17.5 Å². The van der Waals surface area contributed by atoms with E-state index < -0.39 is 0 Å². The Morgan fingerprint density at radius 3 is 2.95 bits per heavy atom. The lowest BCUT2D eigenvalue weighted by Crippen LogP contribution is -2.41. The van der Waals surface area contributed by atoms with Crippen LogP contribution >= 0.6 is 0 Å². The van der Waals surface area contributed by atoms with Crippen molar-refractivity contribution in [3.63, 3.8) is 0 Å². The molecule has 0 saturated heterocycles. The minimum Gasteiger partial charge on any atom is -0.482 e. The zero-order valence-corrected chi connectivity index (χ0v) is 12.1. The van der Waals surface area contributed by atoms with Crippen molar-refractivity contribution in [2.75, 3.05) is 11.9 Å². The number of benzene rings is 1. The summed E-state index contributed by atoms with van der Waals surface area (Å²) in [5.41, 5.74) is 1.19. The van der Waals surface area contributed by atoms with Gasteiger partial charge in [-0.1, -0.05) is 19.8 Å². The highest BCUT2D eigenvalue weighted by Crippen LogP contribution is 2.29. The number of fused-ring (bicyclic) bond motifs is 1. The fourth-order valence-corrected chi connectivity index (χ4v) is 3.00. The molecule has 1 fully saturated rings. The minimum absolute atomic E-state index is 0.00225. The van der Waals surface area contributed by atoms with Gasteiger partial charge in [0, 0.05) is 11.6 Å². The highest BCUT2D eigenvalue weighted by Gasteiger charge is 2.24. The van der Waals surface area contributed by atoms with Crippen LogP contribution < -0.4 is 15.4 Å². The highest BCUT2D eigenvalue weighted by molar-refractivity contribution is 5.99. The summed E-state index contributed by atoms with van der Waals surface area (Å²) in [6, 6.07) is 5.38. The normalized spacial score (nSPS) is 24.5. The van der Waals surface area contributed by atoms with Crippen molar-refractivity contribution in [2.45, 2.75) is 38.6 Å². The van der Waals surface area contributed by atoms with Crippen LogP contribution in [-0.4, -0.2) is 24.5 Å². The van der Waals surface area contributed by atoms with Crippen LogP contribution in [0, 0.1) is 5.92 Å². The first-order valence-electron chi connectivity index (χ1n) is 7.51. The van der Waals surface area contributed by atoms with Gasteiger partial charge in [-0.05, 0) is 37.0 Å². The topological polar surface area (TPSA) is 67.4 Å². The zero-order valence-electron chi connectivity index (χ0n) is 12.1. The van der Waals surface area contributed by atoms with Gasteiger partial charge in [0.25, 0.3) is 11.8 Å². The predicted molar refractivity (Wildman–Crippen MR) is 79.5 cm³/mol. The molecule has 21 heavy (non-hydrogen) atoms. The summed E-state index contributed by atoms with van der Waals surface area (Å²) in [4.78, 5) is 23.6. The summed E-state index contributed by atoms with van der Waals surface area (Å²) in [6.45, 7) is 2.19. The van der Waals surface area contributed by atoms with Crippen molar-refractivity contribution in [2.24, 2.45) is 5.92 Å². The van der Waals surface area contributed by atoms with E-state index in [0.717, 1.165) is 6.42 Å². The molecule has 3 rings (SSSR count). The Balaban J connectivity index is 1.71. The molecule has 1 aliphatic carbocycles. The summed E-state index contributed by atoms with van der Waals surface area (Å²) in [5, 5.41) is 5.84. The van der Waals surface area contributed by atoms with Crippen LogP contribution in [0.2, 0.25) is 0 Å². The van der Waals surface area contributed by atoms with Crippen molar-refractivity contribution < 1.29 is 14.3 Å². The Morgan fingerprint density at radius 2 is 2.14 bits per heavy atom. The van der Waals surface area contributed by atoms with E-state index >= 15 is 0 Å². The molecule has 1 aromatic rings. The largest absolute Gasteiger partial charge is 0.482 e. The average Bonchev–Trinajstić information content (AvgIpc) is 2.49. The Hall–Kier alpha value is -2.04. The number of amides is 2. The molecule has 2 aliphatic rings. The Labute approximate surface area is 124 Å². The van der Waals surface area contributed by atoms with Gasteiger partial charge in [-0.15, -0.1) is 0 Å². The molecule has 112 valence electrons. The standard InChI is InChI=1S/C16H20N2O3/c1-10-4-2-3-5-12(10)18-16(20)11-6-7-13-14(8-11)21-9-15(19)17-13/h6-8,10,12H,2-5,9H2,1H3,(H,17,19)(H,18,20). The van der Waals surface area contributed by atoms with Crippen LogP contribution in [-0.2, 0) is 4.79 Å². The summed E-state index contributed by atoms with van der Waals surface area (Å²) in [6.07, 6.45) is 4.64. The Bertz CT molecular complexity index is 571. The maximum atomic E-state index is 12.4. The molecule has 0 bridgehead atoms. The summed E-state index contributed by atoms with van der Waals surface area (Å²) in [5.74, 6) is 0.836. The van der Waals surface area contributed by atoms with E-state index in [0.29, 0.717) is 22.9 Å². The monoisotopic (exact) mass is 288 g/mol. The van der Waals surface area contributed by atoms with Gasteiger partial charge in [0.2, 0.25) is 0 Å².